The molecule has 84 valence electrons. The van der Waals surface area contributed by atoms with Gasteiger partial charge in [0.1, 0.15) is 5.82 Å². The van der Waals surface area contributed by atoms with Gasteiger partial charge in [-0.2, -0.15) is 11.8 Å². The van der Waals surface area contributed by atoms with Crippen LogP contribution in [0.15, 0.2) is 12.4 Å². The Hall–Kier alpha value is -0.810. The van der Waals surface area contributed by atoms with Gasteiger partial charge in [0.15, 0.2) is 0 Å². The average molecular weight is 226 g/mol. The normalized spacial score (nSPS) is 10.7. The molecule has 0 unspecified atom stereocenters. The van der Waals surface area contributed by atoms with E-state index in [-0.39, 0.29) is 0 Å². The van der Waals surface area contributed by atoms with E-state index in [0.717, 1.165) is 30.4 Å². The van der Waals surface area contributed by atoms with E-state index in [0.29, 0.717) is 0 Å². The fourth-order valence-electron chi connectivity index (χ4n) is 1.17. The molecule has 1 aromatic heterocycles. The Bertz CT molecular complexity index is 275. The molecule has 0 bridgehead atoms. The maximum atomic E-state index is 4.32. The lowest BCUT2D eigenvalue weighted by molar-refractivity contribution is 0.344. The maximum absolute atomic E-state index is 4.32. The van der Waals surface area contributed by atoms with Crippen LogP contribution in [0, 0.1) is 0 Å². The lowest BCUT2D eigenvalue weighted by Gasteiger charge is -2.14. The van der Waals surface area contributed by atoms with Crippen molar-refractivity contribution in [3.05, 3.63) is 18.1 Å². The van der Waals surface area contributed by atoms with Crippen molar-refractivity contribution >= 4 is 17.6 Å². The number of anilines is 1. The summed E-state index contributed by atoms with van der Waals surface area (Å²) in [5.41, 5.74) is 1.01. The van der Waals surface area contributed by atoms with Crippen molar-refractivity contribution < 1.29 is 0 Å². The van der Waals surface area contributed by atoms with Crippen LogP contribution in [-0.2, 0) is 6.54 Å². The Morgan fingerprint density at radius 1 is 1.40 bits per heavy atom. The summed E-state index contributed by atoms with van der Waals surface area (Å²) in [4.78, 5) is 10.8. The summed E-state index contributed by atoms with van der Waals surface area (Å²) in [5, 5.41) is 2.95. The molecular weight excluding hydrogens is 208 g/mol. The summed E-state index contributed by atoms with van der Waals surface area (Å²) in [6.45, 7) is 1.94. The third-order valence-electron chi connectivity index (χ3n) is 2.07. The van der Waals surface area contributed by atoms with Crippen molar-refractivity contribution in [2.24, 2.45) is 0 Å². The lowest BCUT2D eigenvalue weighted by Crippen LogP contribution is -2.21. The molecule has 0 amide bonds. The largest absolute Gasteiger partial charge is 0.372 e. The minimum Gasteiger partial charge on any atom is -0.372 e. The molecule has 0 spiro atoms. The highest BCUT2D eigenvalue weighted by Crippen LogP contribution is 2.03. The highest BCUT2D eigenvalue weighted by atomic mass is 32.2. The molecule has 0 aliphatic heterocycles. The number of hydrogen-bond donors (Lipinski definition) is 1. The molecule has 0 saturated heterocycles. The van der Waals surface area contributed by atoms with Gasteiger partial charge in [-0.15, -0.1) is 0 Å². The summed E-state index contributed by atoms with van der Waals surface area (Å²) in [6, 6.07) is 0. The van der Waals surface area contributed by atoms with E-state index in [9.17, 15) is 0 Å². The highest BCUT2D eigenvalue weighted by molar-refractivity contribution is 7.98. The van der Waals surface area contributed by atoms with Crippen molar-refractivity contribution in [1.29, 1.82) is 0 Å². The summed E-state index contributed by atoms with van der Waals surface area (Å²) < 4.78 is 0. The van der Waals surface area contributed by atoms with E-state index in [1.165, 1.54) is 0 Å². The summed E-state index contributed by atoms with van der Waals surface area (Å²) in [6.07, 6.45) is 5.70. The van der Waals surface area contributed by atoms with E-state index in [2.05, 4.69) is 33.5 Å². The van der Waals surface area contributed by atoms with Gasteiger partial charge in [0.05, 0.1) is 18.1 Å². The van der Waals surface area contributed by atoms with Gasteiger partial charge in [-0.1, -0.05) is 0 Å². The van der Waals surface area contributed by atoms with Gasteiger partial charge in [-0.05, 0) is 13.3 Å². The van der Waals surface area contributed by atoms with E-state index in [1.54, 1.807) is 6.20 Å². The van der Waals surface area contributed by atoms with E-state index in [1.807, 2.05) is 25.0 Å². The van der Waals surface area contributed by atoms with Gasteiger partial charge in [-0.3, -0.25) is 9.88 Å². The van der Waals surface area contributed by atoms with Crippen LogP contribution in [0.25, 0.3) is 0 Å². The van der Waals surface area contributed by atoms with Gasteiger partial charge in [0, 0.05) is 25.9 Å². The number of nitrogens with one attached hydrogen (secondary N) is 1. The Balaban J connectivity index is 2.42. The first-order valence-electron chi connectivity index (χ1n) is 4.92. The zero-order valence-corrected chi connectivity index (χ0v) is 10.3. The molecule has 0 saturated carbocycles. The number of nitrogens with zero attached hydrogens (tertiary/aromatic N) is 3. The predicted octanol–water partition coefficient (Wildman–Crippen LogP) is 1.31. The van der Waals surface area contributed by atoms with E-state index >= 15 is 0 Å². The Kier molecular flexibility index (Phi) is 5.42. The molecule has 15 heavy (non-hydrogen) atoms. The fraction of sp³-hybridized carbons (Fsp3) is 0.600. The van der Waals surface area contributed by atoms with Crippen molar-refractivity contribution in [2.75, 3.05) is 38.0 Å². The van der Waals surface area contributed by atoms with Crippen molar-refractivity contribution in [1.82, 2.24) is 14.9 Å². The molecule has 1 aromatic rings. The van der Waals surface area contributed by atoms with Crippen LogP contribution in [-0.4, -0.2) is 47.5 Å². The second-order valence-corrected chi connectivity index (χ2v) is 4.36. The fourth-order valence-corrected chi connectivity index (χ4v) is 1.66. The third-order valence-corrected chi connectivity index (χ3v) is 2.66. The molecule has 1 heterocycles. The standard InChI is InChI=1S/C10H18N4S/c1-11-10-7-12-9(6-13-10)8-14(2)4-5-15-3/h6-7H,4-5,8H2,1-3H3,(H,11,13). The summed E-state index contributed by atoms with van der Waals surface area (Å²) in [7, 11) is 3.94. The maximum Gasteiger partial charge on any atom is 0.144 e. The second-order valence-electron chi connectivity index (χ2n) is 3.37. The first-order valence-corrected chi connectivity index (χ1v) is 6.31. The lowest BCUT2D eigenvalue weighted by atomic mass is 10.4. The quantitative estimate of drug-likeness (QED) is 0.792. The van der Waals surface area contributed by atoms with Crippen LogP contribution in [0.2, 0.25) is 0 Å². The minimum absolute atomic E-state index is 0.811. The van der Waals surface area contributed by atoms with Crippen LogP contribution < -0.4 is 5.32 Å². The SMILES string of the molecule is CNc1cnc(CN(C)CCSC)cn1. The molecule has 4 nitrogen and oxygen atoms in total. The molecule has 0 aliphatic rings. The van der Waals surface area contributed by atoms with Crippen molar-refractivity contribution in [3.8, 4) is 0 Å². The molecule has 0 radical (unpaired) electrons. The number of rotatable bonds is 6. The molecule has 1 N–H and O–H groups in total. The van der Waals surface area contributed by atoms with Crippen LogP contribution in [0.5, 0.6) is 0 Å². The van der Waals surface area contributed by atoms with Gasteiger partial charge in [-0.25, -0.2) is 4.98 Å². The Labute approximate surface area is 95.5 Å². The molecule has 0 fully saturated rings. The van der Waals surface area contributed by atoms with Gasteiger partial charge in [0.25, 0.3) is 0 Å². The predicted molar refractivity (Wildman–Crippen MR) is 66.3 cm³/mol. The number of hydrogen-bond acceptors (Lipinski definition) is 5. The highest BCUT2D eigenvalue weighted by Gasteiger charge is 2.01. The minimum atomic E-state index is 0.811. The first-order chi connectivity index (χ1) is 7.26. The topological polar surface area (TPSA) is 41.1 Å². The van der Waals surface area contributed by atoms with Crippen LogP contribution in [0.3, 0.4) is 0 Å². The summed E-state index contributed by atoms with van der Waals surface area (Å²) in [5.74, 6) is 1.96. The van der Waals surface area contributed by atoms with Crippen LogP contribution in [0.4, 0.5) is 5.82 Å². The van der Waals surface area contributed by atoms with Crippen LogP contribution >= 0.6 is 11.8 Å². The van der Waals surface area contributed by atoms with Gasteiger partial charge in [0.2, 0.25) is 0 Å². The molecule has 0 aliphatic carbocycles. The zero-order valence-electron chi connectivity index (χ0n) is 9.53. The monoisotopic (exact) mass is 226 g/mol. The van der Waals surface area contributed by atoms with Crippen LogP contribution in [0.1, 0.15) is 5.69 Å². The Morgan fingerprint density at radius 2 is 2.20 bits per heavy atom. The smallest absolute Gasteiger partial charge is 0.144 e. The van der Waals surface area contributed by atoms with Crippen molar-refractivity contribution in [3.63, 3.8) is 0 Å². The number of thioether (sulfide) groups is 1. The van der Waals surface area contributed by atoms with E-state index in [4.69, 9.17) is 0 Å². The van der Waals surface area contributed by atoms with E-state index < -0.39 is 0 Å². The van der Waals surface area contributed by atoms with Gasteiger partial charge < -0.3 is 5.32 Å². The summed E-state index contributed by atoms with van der Waals surface area (Å²) >= 11 is 1.86. The molecular formula is C10H18N4S. The number of aromatic nitrogens is 2. The molecule has 5 heteroatoms. The van der Waals surface area contributed by atoms with Gasteiger partial charge >= 0.3 is 0 Å². The molecule has 0 aromatic carbocycles. The third kappa shape index (κ3) is 4.48. The average Bonchev–Trinajstić information content (AvgIpc) is 2.27. The molecule has 1 rings (SSSR count). The molecule has 0 atom stereocenters. The van der Waals surface area contributed by atoms with Crippen molar-refractivity contribution in [2.45, 2.75) is 6.54 Å². The first kappa shape index (κ1) is 12.3. The zero-order chi connectivity index (χ0) is 11.1. The Morgan fingerprint density at radius 3 is 2.73 bits per heavy atom. The second kappa shape index (κ2) is 6.63.